The lowest BCUT2D eigenvalue weighted by Gasteiger charge is -2.25. The molecule has 7 nitrogen and oxygen atoms in total. The molecule has 0 atom stereocenters. The third-order valence-electron chi connectivity index (χ3n) is 6.30. The van der Waals surface area contributed by atoms with Crippen LogP contribution in [0.5, 0.6) is 0 Å². The zero-order valence-corrected chi connectivity index (χ0v) is 28.9. The van der Waals surface area contributed by atoms with Crippen LogP contribution in [0, 0.1) is 5.41 Å². The van der Waals surface area contributed by atoms with Gasteiger partial charge in [0.25, 0.3) is 0 Å². The Labute approximate surface area is 270 Å². The number of aldehydes is 2. The molecule has 2 aromatic carbocycles. The number of carbonyl (C=O) groups is 2. The zero-order chi connectivity index (χ0) is 34.1. The largest absolute Gasteiger partial charge is 0.405 e. The molecule has 1 aliphatic rings. The fraction of sp³-hybridized carbons (Fsp3) is 0.429. The summed E-state index contributed by atoms with van der Waals surface area (Å²) < 4.78 is 9.50. The summed E-state index contributed by atoms with van der Waals surface area (Å²) in [6.07, 6.45) is 7.75. The second-order valence-corrected chi connectivity index (χ2v) is 11.4. The fourth-order valence-corrected chi connectivity index (χ4v) is 4.61. The summed E-state index contributed by atoms with van der Waals surface area (Å²) in [5, 5.41) is 10.0. The molecule has 0 bridgehead atoms. The number of allylic oxidation sites excluding steroid dienone is 2. The Hall–Kier alpha value is -3.46. The minimum atomic E-state index is 0.0885. The van der Waals surface area contributed by atoms with Crippen LogP contribution in [0.25, 0.3) is 6.08 Å². The molecule has 0 unspecified atom stereocenters. The minimum absolute atomic E-state index is 0.0885. The Bertz CT molecular complexity index is 1170. The lowest BCUT2D eigenvalue weighted by Crippen LogP contribution is -2.28. The average Bonchev–Trinajstić information content (AvgIpc) is 3.38. The van der Waals surface area contributed by atoms with Crippen LogP contribution in [0.2, 0.25) is 5.02 Å². The van der Waals surface area contributed by atoms with Crippen LogP contribution in [0.4, 0.5) is 10.1 Å². The van der Waals surface area contributed by atoms with E-state index in [4.69, 9.17) is 11.6 Å². The van der Waals surface area contributed by atoms with Crippen molar-refractivity contribution in [1.82, 2.24) is 15.5 Å². The number of alkyl halides is 1. The molecule has 2 aromatic rings. The highest BCUT2D eigenvalue weighted by Crippen LogP contribution is 2.30. The summed E-state index contributed by atoms with van der Waals surface area (Å²) in [6.45, 7) is 11.4. The maximum atomic E-state index is 11.3. The first kappa shape index (κ1) is 42.7. The van der Waals surface area contributed by atoms with Crippen molar-refractivity contribution in [2.45, 2.75) is 40.0 Å². The molecular weight excluding hydrogens is 577 g/mol. The van der Waals surface area contributed by atoms with Gasteiger partial charge in [-0.15, -0.1) is 0 Å². The molecule has 0 spiro atoms. The first-order valence-electron chi connectivity index (χ1n) is 14.4. The van der Waals surface area contributed by atoms with Crippen molar-refractivity contribution in [3.05, 3.63) is 93.8 Å². The highest BCUT2D eigenvalue weighted by atomic mass is 35.5. The van der Waals surface area contributed by atoms with Crippen LogP contribution < -0.4 is 21.7 Å². The molecule has 0 amide bonds. The quantitative estimate of drug-likeness (QED) is 0.161. The van der Waals surface area contributed by atoms with Gasteiger partial charge in [-0.3, -0.25) is 14.0 Å². The summed E-state index contributed by atoms with van der Waals surface area (Å²) >= 11 is 5.87. The second kappa shape index (κ2) is 24.9. The van der Waals surface area contributed by atoms with Gasteiger partial charge in [-0.1, -0.05) is 61.9 Å². The van der Waals surface area contributed by atoms with E-state index < -0.39 is 0 Å². The standard InChI is InChI=1S/C14H29N3O.C11H9ClO.C7H9N.C2H5N.CH3F/c1-14(2,11-15-3)9-12(10-18)13(16-4)7-8-17(5)6;1-7-2-8-4-10(12)5-9(6-13)11(8)3-7;1-8-7-5-3-2-4-6-7;1-2-3;1-2/h10,15-16H,7-9,11H2,1-6H3;2,4-6H,3H2,1H3;2-6,8H,1H3;2H,1,3H2;1H3/b13-12-;;;;. The van der Waals surface area contributed by atoms with Gasteiger partial charge in [0.15, 0.2) is 0 Å². The van der Waals surface area contributed by atoms with E-state index in [2.05, 4.69) is 60.0 Å². The van der Waals surface area contributed by atoms with Crippen molar-refractivity contribution in [3.63, 3.8) is 0 Å². The molecule has 9 heteroatoms. The normalized spacial score (nSPS) is 11.6. The maximum Gasteiger partial charge on any atom is 0.150 e. The highest BCUT2D eigenvalue weighted by molar-refractivity contribution is 6.31. The Morgan fingerprint density at radius 1 is 1.11 bits per heavy atom. The summed E-state index contributed by atoms with van der Waals surface area (Å²) in [5.74, 6) is 0. The monoisotopic (exact) mass is 631 g/mol. The number of para-hydroxylation sites is 1. The van der Waals surface area contributed by atoms with Crippen LogP contribution in [-0.2, 0) is 11.2 Å². The Morgan fingerprint density at radius 3 is 2.14 bits per heavy atom. The molecule has 0 saturated carbocycles. The van der Waals surface area contributed by atoms with E-state index in [0.29, 0.717) is 12.2 Å². The van der Waals surface area contributed by atoms with Gasteiger partial charge in [0, 0.05) is 61.1 Å². The molecule has 0 saturated heterocycles. The van der Waals surface area contributed by atoms with Gasteiger partial charge >= 0.3 is 0 Å². The number of anilines is 1. The van der Waals surface area contributed by atoms with E-state index in [9.17, 15) is 14.0 Å². The van der Waals surface area contributed by atoms with Gasteiger partial charge in [-0.05, 0) is 87.9 Å². The number of nitrogens with one attached hydrogen (secondary N) is 3. The van der Waals surface area contributed by atoms with Crippen molar-refractivity contribution >= 4 is 35.9 Å². The van der Waals surface area contributed by atoms with Gasteiger partial charge < -0.3 is 26.6 Å². The van der Waals surface area contributed by atoms with Gasteiger partial charge in [-0.25, -0.2) is 0 Å². The van der Waals surface area contributed by atoms with Crippen molar-refractivity contribution in [2.75, 3.05) is 60.8 Å². The molecule has 0 fully saturated rings. The molecule has 5 N–H and O–H groups in total. The van der Waals surface area contributed by atoms with E-state index in [1.165, 1.54) is 11.8 Å². The number of nitrogens with zero attached hydrogens (tertiary/aromatic N) is 1. The van der Waals surface area contributed by atoms with Gasteiger partial charge in [0.2, 0.25) is 0 Å². The average molecular weight is 632 g/mol. The molecule has 0 radical (unpaired) electrons. The van der Waals surface area contributed by atoms with Crippen LogP contribution in [-0.4, -0.2) is 73.0 Å². The SMILES string of the molecule is C=CN.CC1=Cc2cc(Cl)cc(C=O)c2C1.CF.CNCC(C)(C)C/C(C=O)=C(\CCN(C)C)NC.CNc1ccccc1. The number of nitrogens with two attached hydrogens (primary N) is 1. The van der Waals surface area contributed by atoms with E-state index in [0.717, 1.165) is 78.6 Å². The topological polar surface area (TPSA) is 99.5 Å². The number of halogens is 2. The fourth-order valence-electron chi connectivity index (χ4n) is 4.38. The molecule has 0 heterocycles. The van der Waals surface area contributed by atoms with Crippen LogP contribution in [0.15, 0.2) is 72.1 Å². The highest BCUT2D eigenvalue weighted by Gasteiger charge is 2.20. The van der Waals surface area contributed by atoms with E-state index in [-0.39, 0.29) is 5.41 Å². The maximum absolute atomic E-state index is 11.3. The van der Waals surface area contributed by atoms with Crippen molar-refractivity contribution in [1.29, 1.82) is 0 Å². The van der Waals surface area contributed by atoms with E-state index in [1.807, 2.05) is 71.6 Å². The summed E-state index contributed by atoms with van der Waals surface area (Å²) in [6, 6.07) is 13.7. The molecular formula is C35H55ClFN5O2. The Morgan fingerprint density at radius 2 is 1.70 bits per heavy atom. The lowest BCUT2D eigenvalue weighted by molar-refractivity contribution is -0.105. The third-order valence-corrected chi connectivity index (χ3v) is 6.51. The predicted molar refractivity (Wildman–Crippen MR) is 189 cm³/mol. The van der Waals surface area contributed by atoms with Crippen molar-refractivity contribution in [3.8, 4) is 0 Å². The third kappa shape index (κ3) is 18.3. The number of hydrogen-bond donors (Lipinski definition) is 4. The second-order valence-electron chi connectivity index (χ2n) is 11.0. The molecule has 246 valence electrons. The van der Waals surface area contributed by atoms with Gasteiger partial charge in [0.1, 0.15) is 12.6 Å². The molecule has 3 rings (SSSR count). The summed E-state index contributed by atoms with van der Waals surface area (Å²) in [4.78, 5) is 24.2. The van der Waals surface area contributed by atoms with Crippen LogP contribution in [0.1, 0.15) is 55.1 Å². The number of rotatable bonds is 11. The van der Waals surface area contributed by atoms with E-state index >= 15 is 0 Å². The number of carbonyl (C=O) groups excluding carboxylic acids is 2. The number of benzene rings is 2. The number of fused-ring (bicyclic) bond motifs is 1. The summed E-state index contributed by atoms with van der Waals surface area (Å²) in [5.41, 5.74) is 12.0. The minimum Gasteiger partial charge on any atom is -0.405 e. The van der Waals surface area contributed by atoms with Crippen LogP contribution in [0.3, 0.4) is 0 Å². The Balaban J connectivity index is 0. The first-order valence-corrected chi connectivity index (χ1v) is 14.8. The van der Waals surface area contributed by atoms with Gasteiger partial charge in [-0.2, -0.15) is 0 Å². The molecule has 0 aromatic heterocycles. The number of hydrogen-bond acceptors (Lipinski definition) is 7. The van der Waals surface area contributed by atoms with Crippen molar-refractivity contribution in [2.24, 2.45) is 11.1 Å². The molecule has 1 aliphatic carbocycles. The van der Waals surface area contributed by atoms with Gasteiger partial charge in [0.05, 0.1) is 7.18 Å². The first-order chi connectivity index (χ1) is 20.9. The van der Waals surface area contributed by atoms with Crippen LogP contribution >= 0.6 is 11.6 Å². The zero-order valence-electron chi connectivity index (χ0n) is 28.2. The summed E-state index contributed by atoms with van der Waals surface area (Å²) in [7, 11) is 10.3. The van der Waals surface area contributed by atoms with E-state index in [1.54, 1.807) is 6.07 Å². The Kier molecular flexibility index (Phi) is 24.2. The smallest absolute Gasteiger partial charge is 0.150 e. The lowest BCUT2D eigenvalue weighted by atomic mass is 9.85. The predicted octanol–water partition coefficient (Wildman–Crippen LogP) is 6.76. The molecule has 44 heavy (non-hydrogen) atoms. The molecule has 0 aliphatic heterocycles. The van der Waals surface area contributed by atoms with Crippen molar-refractivity contribution < 1.29 is 14.0 Å².